The summed E-state index contributed by atoms with van der Waals surface area (Å²) in [5.41, 5.74) is 3.96. The summed E-state index contributed by atoms with van der Waals surface area (Å²) in [5, 5.41) is 3.47. The molecule has 4 rings (SSSR count). The number of ether oxygens (including phenoxy) is 1. The van der Waals surface area contributed by atoms with Gasteiger partial charge >= 0.3 is 5.97 Å². The molecular formula is C22H21FN2O3. The van der Waals surface area contributed by atoms with Gasteiger partial charge in [-0.2, -0.15) is 0 Å². The van der Waals surface area contributed by atoms with E-state index in [2.05, 4.69) is 10.3 Å². The molecule has 0 radical (unpaired) electrons. The van der Waals surface area contributed by atoms with Crippen molar-refractivity contribution < 1.29 is 18.7 Å². The first-order valence-corrected chi connectivity index (χ1v) is 9.43. The summed E-state index contributed by atoms with van der Waals surface area (Å²) in [4.78, 5) is 28.2. The number of amides is 1. The van der Waals surface area contributed by atoms with Gasteiger partial charge in [-0.05, 0) is 68.5 Å². The van der Waals surface area contributed by atoms with E-state index < -0.39 is 23.8 Å². The monoisotopic (exact) mass is 380 g/mol. The molecule has 1 aliphatic rings. The quantitative estimate of drug-likeness (QED) is 0.660. The molecule has 6 heteroatoms. The van der Waals surface area contributed by atoms with Crippen LogP contribution in [0.25, 0.3) is 10.9 Å². The molecule has 1 heterocycles. The standard InChI is InChI=1S/C22H21FN2O3/c1-13(21(26)25-20-9-5-3-7-17(20)23)28-22(27)14-10-11-19-16(12-14)15-6-2-4-8-18(15)24-19/h3,5,7,9-13,24H,2,4,6,8H2,1H3,(H,25,26). The molecule has 28 heavy (non-hydrogen) atoms. The van der Waals surface area contributed by atoms with E-state index in [0.717, 1.165) is 30.2 Å². The molecule has 1 unspecified atom stereocenters. The lowest BCUT2D eigenvalue weighted by Crippen LogP contribution is -2.30. The number of aryl methyl sites for hydroxylation is 2. The predicted molar refractivity (Wildman–Crippen MR) is 105 cm³/mol. The van der Waals surface area contributed by atoms with Crippen molar-refractivity contribution in [2.45, 2.75) is 38.7 Å². The van der Waals surface area contributed by atoms with Crippen molar-refractivity contribution in [3.63, 3.8) is 0 Å². The number of fused-ring (bicyclic) bond motifs is 3. The Balaban J connectivity index is 1.48. The second kappa shape index (κ2) is 7.46. The molecule has 1 aromatic heterocycles. The summed E-state index contributed by atoms with van der Waals surface area (Å²) in [6, 6.07) is 11.2. The number of carbonyl (C=O) groups excluding carboxylic acids is 2. The zero-order valence-corrected chi connectivity index (χ0v) is 15.5. The lowest BCUT2D eigenvalue weighted by atomic mass is 9.95. The van der Waals surface area contributed by atoms with Gasteiger partial charge in [-0.25, -0.2) is 9.18 Å². The van der Waals surface area contributed by atoms with E-state index in [1.807, 2.05) is 12.1 Å². The van der Waals surface area contributed by atoms with E-state index in [-0.39, 0.29) is 5.69 Å². The summed E-state index contributed by atoms with van der Waals surface area (Å²) in [7, 11) is 0. The number of para-hydroxylation sites is 1. The number of rotatable bonds is 4. The van der Waals surface area contributed by atoms with Gasteiger partial charge in [-0.15, -0.1) is 0 Å². The summed E-state index contributed by atoms with van der Waals surface area (Å²) >= 11 is 0. The summed E-state index contributed by atoms with van der Waals surface area (Å²) in [6.07, 6.45) is 3.28. The number of H-pyrrole nitrogens is 1. The van der Waals surface area contributed by atoms with Crippen molar-refractivity contribution >= 4 is 28.5 Å². The number of hydrogen-bond acceptors (Lipinski definition) is 3. The highest BCUT2D eigenvalue weighted by molar-refractivity contribution is 5.99. The second-order valence-corrected chi connectivity index (χ2v) is 7.07. The minimum absolute atomic E-state index is 0.0516. The largest absolute Gasteiger partial charge is 0.449 e. The SMILES string of the molecule is CC(OC(=O)c1ccc2[nH]c3c(c2c1)CCCC3)C(=O)Nc1ccccc1F. The maximum atomic E-state index is 13.7. The Hall–Kier alpha value is -3.15. The Kier molecular flexibility index (Phi) is 4.86. The number of aromatic amines is 1. The normalized spacial score (nSPS) is 14.4. The zero-order valence-electron chi connectivity index (χ0n) is 15.5. The molecule has 0 saturated carbocycles. The van der Waals surface area contributed by atoms with Crippen molar-refractivity contribution in [1.82, 2.24) is 4.98 Å². The van der Waals surface area contributed by atoms with Gasteiger partial charge in [0.25, 0.3) is 5.91 Å². The highest BCUT2D eigenvalue weighted by Gasteiger charge is 2.21. The van der Waals surface area contributed by atoms with Gasteiger partial charge in [-0.1, -0.05) is 12.1 Å². The van der Waals surface area contributed by atoms with Gasteiger partial charge in [0.2, 0.25) is 0 Å². The zero-order chi connectivity index (χ0) is 19.7. The summed E-state index contributed by atoms with van der Waals surface area (Å²) in [5.74, 6) is -1.71. The smallest absolute Gasteiger partial charge is 0.338 e. The van der Waals surface area contributed by atoms with Gasteiger partial charge in [0, 0.05) is 16.6 Å². The first kappa shape index (κ1) is 18.2. The van der Waals surface area contributed by atoms with Crippen LogP contribution in [0.4, 0.5) is 10.1 Å². The number of esters is 1. The molecule has 144 valence electrons. The maximum absolute atomic E-state index is 13.7. The first-order valence-electron chi connectivity index (χ1n) is 9.43. The van der Waals surface area contributed by atoms with Crippen molar-refractivity contribution in [1.29, 1.82) is 0 Å². The second-order valence-electron chi connectivity index (χ2n) is 7.07. The van der Waals surface area contributed by atoms with Crippen LogP contribution in [0.5, 0.6) is 0 Å². The number of aromatic nitrogens is 1. The molecule has 0 bridgehead atoms. The molecule has 1 amide bonds. The van der Waals surface area contributed by atoms with Crippen LogP contribution in [0.2, 0.25) is 0 Å². The van der Waals surface area contributed by atoms with Crippen molar-refractivity contribution in [3.05, 3.63) is 65.1 Å². The fourth-order valence-corrected chi connectivity index (χ4v) is 3.61. The lowest BCUT2D eigenvalue weighted by Gasteiger charge is -2.14. The molecule has 3 aromatic rings. The fourth-order valence-electron chi connectivity index (χ4n) is 3.61. The van der Waals surface area contributed by atoms with E-state index in [1.54, 1.807) is 12.1 Å². The molecule has 0 aliphatic heterocycles. The number of anilines is 1. The Labute approximate surface area is 161 Å². The molecule has 0 saturated heterocycles. The number of halogens is 1. The number of carbonyl (C=O) groups is 2. The van der Waals surface area contributed by atoms with Crippen molar-refractivity contribution in [2.24, 2.45) is 0 Å². The Morgan fingerprint density at radius 1 is 1.14 bits per heavy atom. The predicted octanol–water partition coefficient (Wildman–Crippen LogP) is 4.37. The molecule has 2 aromatic carbocycles. The Morgan fingerprint density at radius 3 is 2.75 bits per heavy atom. The van der Waals surface area contributed by atoms with Crippen LogP contribution in [0, 0.1) is 5.82 Å². The van der Waals surface area contributed by atoms with E-state index in [1.165, 1.54) is 42.8 Å². The van der Waals surface area contributed by atoms with E-state index in [0.29, 0.717) is 5.56 Å². The number of nitrogens with one attached hydrogen (secondary N) is 2. The van der Waals surface area contributed by atoms with Crippen LogP contribution >= 0.6 is 0 Å². The topological polar surface area (TPSA) is 71.2 Å². The summed E-state index contributed by atoms with van der Waals surface area (Å²) in [6.45, 7) is 1.46. The van der Waals surface area contributed by atoms with Crippen LogP contribution in [0.15, 0.2) is 42.5 Å². The molecule has 2 N–H and O–H groups in total. The Bertz CT molecular complexity index is 1060. The third kappa shape index (κ3) is 3.50. The average Bonchev–Trinajstić information content (AvgIpc) is 3.07. The summed E-state index contributed by atoms with van der Waals surface area (Å²) < 4.78 is 19.0. The highest BCUT2D eigenvalue weighted by Crippen LogP contribution is 2.30. The lowest BCUT2D eigenvalue weighted by molar-refractivity contribution is -0.123. The van der Waals surface area contributed by atoms with Crippen LogP contribution in [0.3, 0.4) is 0 Å². The Morgan fingerprint density at radius 2 is 1.93 bits per heavy atom. The third-order valence-corrected chi connectivity index (χ3v) is 5.12. The molecule has 5 nitrogen and oxygen atoms in total. The molecule has 1 aliphatic carbocycles. The minimum atomic E-state index is -1.05. The van der Waals surface area contributed by atoms with Crippen LogP contribution in [-0.4, -0.2) is 23.0 Å². The van der Waals surface area contributed by atoms with Gasteiger partial charge in [0.15, 0.2) is 6.10 Å². The van der Waals surface area contributed by atoms with Gasteiger partial charge in [0.1, 0.15) is 5.82 Å². The van der Waals surface area contributed by atoms with E-state index in [9.17, 15) is 14.0 Å². The van der Waals surface area contributed by atoms with Crippen LogP contribution in [-0.2, 0) is 22.4 Å². The fraction of sp³-hybridized carbons (Fsp3) is 0.273. The van der Waals surface area contributed by atoms with Gasteiger partial charge in [-0.3, -0.25) is 4.79 Å². The highest BCUT2D eigenvalue weighted by atomic mass is 19.1. The van der Waals surface area contributed by atoms with Gasteiger partial charge in [0.05, 0.1) is 11.3 Å². The third-order valence-electron chi connectivity index (χ3n) is 5.12. The first-order chi connectivity index (χ1) is 13.5. The molecular weight excluding hydrogens is 359 g/mol. The molecule has 0 fully saturated rings. The minimum Gasteiger partial charge on any atom is -0.449 e. The van der Waals surface area contributed by atoms with E-state index in [4.69, 9.17) is 4.74 Å². The molecule has 1 atom stereocenters. The molecule has 0 spiro atoms. The van der Waals surface area contributed by atoms with E-state index >= 15 is 0 Å². The van der Waals surface area contributed by atoms with Crippen LogP contribution < -0.4 is 5.32 Å². The van der Waals surface area contributed by atoms with Gasteiger partial charge < -0.3 is 15.0 Å². The average molecular weight is 380 g/mol. The maximum Gasteiger partial charge on any atom is 0.338 e. The number of benzene rings is 2. The van der Waals surface area contributed by atoms with Crippen LogP contribution in [0.1, 0.15) is 41.4 Å². The van der Waals surface area contributed by atoms with Crippen molar-refractivity contribution in [2.75, 3.05) is 5.32 Å². The number of hydrogen-bond donors (Lipinski definition) is 2. The van der Waals surface area contributed by atoms with Crippen molar-refractivity contribution in [3.8, 4) is 0 Å².